The van der Waals surface area contributed by atoms with E-state index in [-0.39, 0.29) is 5.82 Å². The van der Waals surface area contributed by atoms with Gasteiger partial charge in [-0.1, -0.05) is 19.1 Å². The van der Waals surface area contributed by atoms with Crippen LogP contribution in [0.2, 0.25) is 0 Å². The van der Waals surface area contributed by atoms with Crippen molar-refractivity contribution < 1.29 is 4.39 Å². The predicted octanol–water partition coefficient (Wildman–Crippen LogP) is 2.35. The van der Waals surface area contributed by atoms with Crippen LogP contribution in [0, 0.1) is 5.82 Å². The molecule has 0 aromatic heterocycles. The zero-order valence-electron chi connectivity index (χ0n) is 10.4. The molecule has 1 aliphatic heterocycles. The molecule has 1 aromatic carbocycles. The van der Waals surface area contributed by atoms with Crippen molar-refractivity contribution in [3.63, 3.8) is 0 Å². The van der Waals surface area contributed by atoms with E-state index < -0.39 is 0 Å². The summed E-state index contributed by atoms with van der Waals surface area (Å²) in [6, 6.07) is 7.23. The van der Waals surface area contributed by atoms with Crippen LogP contribution in [0.4, 0.5) is 4.39 Å². The summed E-state index contributed by atoms with van der Waals surface area (Å²) in [4.78, 5) is 2.46. The van der Waals surface area contributed by atoms with Crippen LogP contribution in [-0.2, 0) is 0 Å². The third kappa shape index (κ3) is 3.51. The van der Waals surface area contributed by atoms with E-state index in [0.29, 0.717) is 12.0 Å². The monoisotopic (exact) mass is 236 g/mol. The highest BCUT2D eigenvalue weighted by molar-refractivity contribution is 5.20. The zero-order chi connectivity index (χ0) is 12.3. The maximum atomic E-state index is 12.8. The normalized spacial score (nSPS) is 20.4. The van der Waals surface area contributed by atoms with Crippen LogP contribution in [0.3, 0.4) is 0 Å². The van der Waals surface area contributed by atoms with Crippen molar-refractivity contribution in [2.75, 3.05) is 19.6 Å². The molecular weight excluding hydrogens is 215 g/mol. The topological polar surface area (TPSA) is 29.3 Å². The van der Waals surface area contributed by atoms with Gasteiger partial charge >= 0.3 is 0 Å². The fraction of sp³-hybridized carbons (Fsp3) is 0.571. The number of halogens is 1. The van der Waals surface area contributed by atoms with Crippen molar-refractivity contribution in [2.24, 2.45) is 5.73 Å². The minimum Gasteiger partial charge on any atom is -0.328 e. The number of nitrogens with zero attached hydrogens (tertiary/aromatic N) is 1. The lowest BCUT2D eigenvalue weighted by Gasteiger charge is -2.32. The van der Waals surface area contributed by atoms with Crippen molar-refractivity contribution in [1.29, 1.82) is 0 Å². The van der Waals surface area contributed by atoms with E-state index in [1.54, 1.807) is 0 Å². The molecule has 0 saturated carbocycles. The molecule has 2 N–H and O–H groups in total. The lowest BCUT2D eigenvalue weighted by atomic mass is 9.98. The molecular formula is C14H21FN2. The van der Waals surface area contributed by atoms with Crippen LogP contribution >= 0.6 is 0 Å². The Hall–Kier alpha value is -0.930. The number of piperidine rings is 1. The van der Waals surface area contributed by atoms with E-state index in [1.807, 2.05) is 12.1 Å². The summed E-state index contributed by atoms with van der Waals surface area (Å²) in [6.07, 6.45) is 2.19. The molecule has 1 heterocycles. The molecule has 1 aromatic rings. The highest BCUT2D eigenvalue weighted by Crippen LogP contribution is 2.19. The van der Waals surface area contributed by atoms with Crippen LogP contribution < -0.4 is 5.73 Å². The van der Waals surface area contributed by atoms with Gasteiger partial charge in [-0.05, 0) is 49.5 Å². The molecule has 0 bridgehead atoms. The first-order chi connectivity index (χ1) is 8.15. The van der Waals surface area contributed by atoms with Crippen LogP contribution in [0.15, 0.2) is 24.3 Å². The molecule has 3 heteroatoms. The standard InChI is InChI=1S/C14H21FN2/c1-11(12-2-4-13(15)5-3-12)10-17-8-6-14(16)7-9-17/h2-5,11,14H,6-10,16H2,1H3. The summed E-state index contributed by atoms with van der Waals surface area (Å²) in [5.41, 5.74) is 7.10. The quantitative estimate of drug-likeness (QED) is 0.873. The van der Waals surface area contributed by atoms with E-state index in [4.69, 9.17) is 5.73 Å². The highest BCUT2D eigenvalue weighted by Gasteiger charge is 2.18. The van der Waals surface area contributed by atoms with Crippen LogP contribution in [0.25, 0.3) is 0 Å². The maximum absolute atomic E-state index is 12.8. The largest absolute Gasteiger partial charge is 0.328 e. The SMILES string of the molecule is CC(CN1CCC(N)CC1)c1ccc(F)cc1. The van der Waals surface area contributed by atoms with Crippen molar-refractivity contribution in [3.05, 3.63) is 35.6 Å². The fourth-order valence-corrected chi connectivity index (χ4v) is 2.42. The molecule has 1 aliphatic rings. The third-order valence-corrected chi connectivity index (χ3v) is 3.60. The lowest BCUT2D eigenvalue weighted by molar-refractivity contribution is 0.204. The van der Waals surface area contributed by atoms with Crippen LogP contribution in [0.5, 0.6) is 0 Å². The Labute approximate surface area is 103 Å². The van der Waals surface area contributed by atoms with Gasteiger partial charge in [0.25, 0.3) is 0 Å². The molecule has 1 unspecified atom stereocenters. The van der Waals surface area contributed by atoms with Gasteiger partial charge in [-0.2, -0.15) is 0 Å². The molecule has 1 atom stereocenters. The van der Waals surface area contributed by atoms with Crippen molar-refractivity contribution in [1.82, 2.24) is 4.90 Å². The number of nitrogens with two attached hydrogens (primary N) is 1. The van der Waals surface area contributed by atoms with Crippen LogP contribution in [0.1, 0.15) is 31.2 Å². The maximum Gasteiger partial charge on any atom is 0.123 e. The van der Waals surface area contributed by atoms with E-state index in [2.05, 4.69) is 11.8 Å². The van der Waals surface area contributed by atoms with Gasteiger partial charge in [0.2, 0.25) is 0 Å². The summed E-state index contributed by atoms with van der Waals surface area (Å²) >= 11 is 0. The molecule has 0 spiro atoms. The predicted molar refractivity (Wildman–Crippen MR) is 68.5 cm³/mol. The van der Waals surface area contributed by atoms with E-state index in [0.717, 1.165) is 32.5 Å². The number of likely N-dealkylation sites (tertiary alicyclic amines) is 1. The first-order valence-electron chi connectivity index (χ1n) is 6.38. The van der Waals surface area contributed by atoms with Gasteiger partial charge in [0, 0.05) is 12.6 Å². The molecule has 0 amide bonds. The number of hydrogen-bond acceptors (Lipinski definition) is 2. The summed E-state index contributed by atoms with van der Waals surface area (Å²) in [7, 11) is 0. The zero-order valence-corrected chi connectivity index (χ0v) is 10.4. The van der Waals surface area contributed by atoms with Crippen LogP contribution in [-0.4, -0.2) is 30.6 Å². The average molecular weight is 236 g/mol. The molecule has 0 aliphatic carbocycles. The second-order valence-corrected chi connectivity index (χ2v) is 5.09. The number of hydrogen-bond donors (Lipinski definition) is 1. The Balaban J connectivity index is 1.88. The first kappa shape index (κ1) is 12.5. The Morgan fingerprint density at radius 3 is 2.47 bits per heavy atom. The smallest absolute Gasteiger partial charge is 0.123 e. The molecule has 2 nitrogen and oxygen atoms in total. The van der Waals surface area contributed by atoms with Gasteiger partial charge in [-0.25, -0.2) is 4.39 Å². The van der Waals surface area contributed by atoms with Gasteiger partial charge in [0.15, 0.2) is 0 Å². The van der Waals surface area contributed by atoms with Gasteiger partial charge in [-0.3, -0.25) is 0 Å². The van der Waals surface area contributed by atoms with E-state index in [1.165, 1.54) is 17.7 Å². The minimum atomic E-state index is -0.162. The van der Waals surface area contributed by atoms with Crippen molar-refractivity contribution in [3.8, 4) is 0 Å². The molecule has 94 valence electrons. The second kappa shape index (κ2) is 5.61. The second-order valence-electron chi connectivity index (χ2n) is 5.09. The summed E-state index contributed by atoms with van der Waals surface area (Å²) < 4.78 is 12.8. The molecule has 17 heavy (non-hydrogen) atoms. The molecule has 2 rings (SSSR count). The summed E-state index contributed by atoms with van der Waals surface area (Å²) in [5, 5.41) is 0. The van der Waals surface area contributed by atoms with Gasteiger partial charge in [0.05, 0.1) is 0 Å². The average Bonchev–Trinajstić information content (AvgIpc) is 2.33. The molecule has 1 saturated heterocycles. The number of rotatable bonds is 3. The molecule has 0 radical (unpaired) electrons. The van der Waals surface area contributed by atoms with E-state index >= 15 is 0 Å². The summed E-state index contributed by atoms with van der Waals surface area (Å²) in [5.74, 6) is 0.287. The minimum absolute atomic E-state index is 0.162. The number of benzene rings is 1. The Bertz CT molecular complexity index is 342. The summed E-state index contributed by atoms with van der Waals surface area (Å²) in [6.45, 7) is 5.42. The third-order valence-electron chi connectivity index (χ3n) is 3.60. The van der Waals surface area contributed by atoms with Crippen molar-refractivity contribution >= 4 is 0 Å². The Kier molecular flexibility index (Phi) is 4.13. The first-order valence-corrected chi connectivity index (χ1v) is 6.38. The molecule has 1 fully saturated rings. The Morgan fingerprint density at radius 1 is 1.29 bits per heavy atom. The van der Waals surface area contributed by atoms with E-state index in [9.17, 15) is 4.39 Å². The van der Waals surface area contributed by atoms with Gasteiger partial charge in [0.1, 0.15) is 5.82 Å². The van der Waals surface area contributed by atoms with Crippen molar-refractivity contribution in [2.45, 2.75) is 31.7 Å². The van der Waals surface area contributed by atoms with Gasteiger partial charge in [-0.15, -0.1) is 0 Å². The Morgan fingerprint density at radius 2 is 1.88 bits per heavy atom. The highest BCUT2D eigenvalue weighted by atomic mass is 19.1. The fourth-order valence-electron chi connectivity index (χ4n) is 2.42. The lowest BCUT2D eigenvalue weighted by Crippen LogP contribution is -2.41. The van der Waals surface area contributed by atoms with Gasteiger partial charge < -0.3 is 10.6 Å².